The Morgan fingerprint density at radius 1 is 1.00 bits per heavy atom. The SMILES string of the molecule is Cc1ccc(C=N[n+]2ccccc2)cc1. The molecule has 0 atom stereocenters. The second kappa shape index (κ2) is 4.51. The van der Waals surface area contributed by atoms with Crippen molar-refractivity contribution in [2.45, 2.75) is 6.92 Å². The minimum atomic E-state index is 1.11. The minimum Gasteiger partial charge on any atom is -0.0596 e. The molecule has 2 rings (SSSR count). The molecule has 2 heteroatoms. The molecule has 1 aromatic heterocycles. The average molecular weight is 197 g/mol. The maximum Gasteiger partial charge on any atom is 0.202 e. The number of hydrogen-bond acceptors (Lipinski definition) is 1. The Bertz CT molecular complexity index is 444. The second-order valence-electron chi connectivity index (χ2n) is 3.41. The molecule has 0 spiro atoms. The number of benzene rings is 1. The largest absolute Gasteiger partial charge is 0.202 e. The molecule has 0 fully saturated rings. The quantitative estimate of drug-likeness (QED) is 0.518. The first-order chi connectivity index (χ1) is 7.34. The maximum atomic E-state index is 4.30. The highest BCUT2D eigenvalue weighted by molar-refractivity contribution is 5.78. The van der Waals surface area contributed by atoms with Gasteiger partial charge in [-0.25, -0.2) is 0 Å². The van der Waals surface area contributed by atoms with Gasteiger partial charge < -0.3 is 0 Å². The van der Waals surface area contributed by atoms with Gasteiger partial charge in [0.25, 0.3) is 0 Å². The third kappa shape index (κ3) is 2.74. The lowest BCUT2D eigenvalue weighted by atomic mass is 10.2. The smallest absolute Gasteiger partial charge is 0.0596 e. The Morgan fingerprint density at radius 2 is 1.67 bits per heavy atom. The number of hydrogen-bond donors (Lipinski definition) is 0. The van der Waals surface area contributed by atoms with E-state index in [4.69, 9.17) is 0 Å². The third-order valence-corrected chi connectivity index (χ3v) is 2.12. The molecule has 0 amide bonds. The van der Waals surface area contributed by atoms with Crippen LogP contribution in [0.25, 0.3) is 0 Å². The van der Waals surface area contributed by atoms with Gasteiger partial charge in [-0.05, 0) is 17.6 Å². The molecule has 0 saturated carbocycles. The van der Waals surface area contributed by atoms with Gasteiger partial charge in [0, 0.05) is 12.1 Å². The molecular weight excluding hydrogens is 184 g/mol. The van der Waals surface area contributed by atoms with Crippen molar-refractivity contribution in [1.29, 1.82) is 0 Å². The van der Waals surface area contributed by atoms with Gasteiger partial charge in [0.1, 0.15) is 6.21 Å². The van der Waals surface area contributed by atoms with Crippen molar-refractivity contribution in [3.8, 4) is 0 Å². The zero-order valence-corrected chi connectivity index (χ0v) is 8.67. The van der Waals surface area contributed by atoms with Crippen molar-refractivity contribution in [2.75, 3.05) is 0 Å². The first-order valence-corrected chi connectivity index (χ1v) is 4.92. The summed E-state index contributed by atoms with van der Waals surface area (Å²) in [5.41, 5.74) is 2.37. The van der Waals surface area contributed by atoms with Gasteiger partial charge in [-0.2, -0.15) is 0 Å². The van der Waals surface area contributed by atoms with Crippen molar-refractivity contribution < 1.29 is 4.68 Å². The number of pyridine rings is 1. The lowest BCUT2D eigenvalue weighted by molar-refractivity contribution is -0.678. The summed E-state index contributed by atoms with van der Waals surface area (Å²) in [5.74, 6) is 0. The Labute approximate surface area is 89.5 Å². The van der Waals surface area contributed by atoms with Crippen LogP contribution in [0.15, 0.2) is 60.0 Å². The van der Waals surface area contributed by atoms with E-state index in [1.54, 1.807) is 4.68 Å². The Hall–Kier alpha value is -1.96. The van der Waals surface area contributed by atoms with Crippen LogP contribution in [-0.4, -0.2) is 6.21 Å². The molecule has 0 aliphatic heterocycles. The highest BCUT2D eigenvalue weighted by atomic mass is 15.3. The number of rotatable bonds is 2. The molecule has 0 N–H and O–H groups in total. The van der Waals surface area contributed by atoms with E-state index in [0.29, 0.717) is 0 Å². The highest BCUT2D eigenvalue weighted by Crippen LogP contribution is 1.99. The van der Waals surface area contributed by atoms with Gasteiger partial charge in [-0.15, -0.1) is 0 Å². The van der Waals surface area contributed by atoms with Crippen LogP contribution in [0, 0.1) is 6.92 Å². The van der Waals surface area contributed by atoms with Gasteiger partial charge in [-0.3, -0.25) is 0 Å². The van der Waals surface area contributed by atoms with Gasteiger partial charge in [0.15, 0.2) is 0 Å². The molecule has 0 aliphatic rings. The summed E-state index contributed by atoms with van der Waals surface area (Å²) < 4.78 is 1.78. The third-order valence-electron chi connectivity index (χ3n) is 2.12. The second-order valence-corrected chi connectivity index (χ2v) is 3.41. The van der Waals surface area contributed by atoms with E-state index >= 15 is 0 Å². The molecule has 74 valence electrons. The predicted octanol–water partition coefficient (Wildman–Crippen LogP) is 2.16. The van der Waals surface area contributed by atoms with Crippen LogP contribution < -0.4 is 4.68 Å². The molecule has 15 heavy (non-hydrogen) atoms. The zero-order chi connectivity index (χ0) is 10.5. The average Bonchev–Trinajstić information content (AvgIpc) is 2.30. The number of nitrogens with zero attached hydrogens (tertiary/aromatic N) is 2. The highest BCUT2D eigenvalue weighted by Gasteiger charge is 1.92. The van der Waals surface area contributed by atoms with Gasteiger partial charge in [-0.1, -0.05) is 40.6 Å². The Kier molecular flexibility index (Phi) is 2.88. The van der Waals surface area contributed by atoms with Crippen LogP contribution in [0.3, 0.4) is 0 Å². The van der Waals surface area contributed by atoms with E-state index in [1.165, 1.54) is 5.56 Å². The van der Waals surface area contributed by atoms with Crippen LogP contribution in [0.4, 0.5) is 0 Å². The first-order valence-electron chi connectivity index (χ1n) is 4.92. The number of aryl methyl sites for hydroxylation is 1. The fourth-order valence-electron chi connectivity index (χ4n) is 1.25. The van der Waals surface area contributed by atoms with E-state index in [0.717, 1.165) is 5.56 Å². The van der Waals surface area contributed by atoms with Crippen LogP contribution in [-0.2, 0) is 0 Å². The Morgan fingerprint density at radius 3 is 2.33 bits per heavy atom. The Balaban J connectivity index is 2.15. The van der Waals surface area contributed by atoms with Crippen LogP contribution in [0.2, 0.25) is 0 Å². The van der Waals surface area contributed by atoms with Crippen molar-refractivity contribution in [2.24, 2.45) is 5.10 Å². The van der Waals surface area contributed by atoms with Gasteiger partial charge in [0.2, 0.25) is 12.4 Å². The van der Waals surface area contributed by atoms with Crippen molar-refractivity contribution in [1.82, 2.24) is 0 Å². The van der Waals surface area contributed by atoms with Crippen molar-refractivity contribution >= 4 is 6.21 Å². The molecule has 1 heterocycles. The molecular formula is C13H13N2+. The van der Waals surface area contributed by atoms with E-state index in [9.17, 15) is 0 Å². The summed E-state index contributed by atoms with van der Waals surface area (Å²) in [6, 6.07) is 14.1. The van der Waals surface area contributed by atoms with E-state index in [1.807, 2.05) is 36.8 Å². The summed E-state index contributed by atoms with van der Waals surface area (Å²) in [6.45, 7) is 2.08. The van der Waals surface area contributed by atoms with E-state index < -0.39 is 0 Å². The molecule has 0 aliphatic carbocycles. The summed E-state index contributed by atoms with van der Waals surface area (Å²) in [5, 5.41) is 4.30. The molecule has 2 aromatic rings. The summed E-state index contributed by atoms with van der Waals surface area (Å²) in [4.78, 5) is 0. The predicted molar refractivity (Wildman–Crippen MR) is 60.8 cm³/mol. The fourth-order valence-corrected chi connectivity index (χ4v) is 1.25. The van der Waals surface area contributed by atoms with Crippen LogP contribution in [0.1, 0.15) is 11.1 Å². The van der Waals surface area contributed by atoms with Crippen molar-refractivity contribution in [3.05, 3.63) is 66.0 Å². The van der Waals surface area contributed by atoms with E-state index in [2.05, 4.69) is 36.3 Å². The molecule has 1 aromatic carbocycles. The van der Waals surface area contributed by atoms with Gasteiger partial charge in [0.05, 0.1) is 0 Å². The monoisotopic (exact) mass is 197 g/mol. The van der Waals surface area contributed by atoms with E-state index in [-0.39, 0.29) is 0 Å². The van der Waals surface area contributed by atoms with Crippen molar-refractivity contribution in [3.63, 3.8) is 0 Å². The lowest BCUT2D eigenvalue weighted by Crippen LogP contribution is -2.25. The molecule has 0 saturated heterocycles. The summed E-state index contributed by atoms with van der Waals surface area (Å²) >= 11 is 0. The molecule has 0 bridgehead atoms. The van der Waals surface area contributed by atoms with Crippen LogP contribution in [0.5, 0.6) is 0 Å². The minimum absolute atomic E-state index is 1.11. The molecule has 0 unspecified atom stereocenters. The number of aromatic nitrogens is 1. The standard InChI is InChI=1S/C13H13N2/c1-12-5-7-13(8-6-12)11-14-15-9-3-2-4-10-15/h2-11H,1H3/q+1. The summed E-state index contributed by atoms with van der Waals surface area (Å²) in [6.07, 6.45) is 5.66. The normalized spacial score (nSPS) is 10.7. The molecule has 0 radical (unpaired) electrons. The first kappa shape index (κ1) is 9.59. The van der Waals surface area contributed by atoms with Crippen LogP contribution >= 0.6 is 0 Å². The zero-order valence-electron chi connectivity index (χ0n) is 8.67. The lowest BCUT2D eigenvalue weighted by Gasteiger charge is -1.91. The maximum absolute atomic E-state index is 4.30. The van der Waals surface area contributed by atoms with Gasteiger partial charge >= 0.3 is 0 Å². The fraction of sp³-hybridized carbons (Fsp3) is 0.0769. The molecule has 2 nitrogen and oxygen atoms in total. The summed E-state index contributed by atoms with van der Waals surface area (Å²) in [7, 11) is 0. The topological polar surface area (TPSA) is 16.2 Å².